The minimum atomic E-state index is -2.53. The van der Waals surface area contributed by atoms with Crippen molar-refractivity contribution in [1.29, 1.82) is 0 Å². The number of halogens is 2. The lowest BCUT2D eigenvalue weighted by atomic mass is 9.86. The fourth-order valence-electron chi connectivity index (χ4n) is 2.88. The summed E-state index contributed by atoms with van der Waals surface area (Å²) in [5.41, 5.74) is 1.06. The summed E-state index contributed by atoms with van der Waals surface area (Å²) in [6.07, 6.45) is 6.59. The molecule has 2 atom stereocenters. The maximum Gasteiger partial charge on any atom is 0.260 e. The average Bonchev–Trinajstić information content (AvgIpc) is 2.30. The van der Waals surface area contributed by atoms with E-state index in [0.717, 1.165) is 25.0 Å². The first kappa shape index (κ1) is 16.3. The summed E-state index contributed by atoms with van der Waals surface area (Å²) in [6, 6.07) is 0.228. The highest BCUT2D eigenvalue weighted by Crippen LogP contribution is 2.35. The Morgan fingerprint density at radius 3 is 2.68 bits per heavy atom. The second-order valence-corrected chi connectivity index (χ2v) is 5.56. The van der Waals surface area contributed by atoms with E-state index in [9.17, 15) is 8.78 Å². The van der Waals surface area contributed by atoms with Crippen LogP contribution in [0.15, 0.2) is 16.8 Å². The number of piperidine rings is 1. The zero-order chi connectivity index (χ0) is 14.5. The van der Waals surface area contributed by atoms with Crippen LogP contribution in [0, 0.1) is 5.92 Å². The zero-order valence-corrected chi connectivity index (χ0v) is 12.5. The average molecular weight is 272 g/mol. The van der Waals surface area contributed by atoms with Crippen LogP contribution in [0.25, 0.3) is 0 Å². The van der Waals surface area contributed by atoms with Gasteiger partial charge in [0.1, 0.15) is 0 Å². The van der Waals surface area contributed by atoms with Crippen LogP contribution in [0.4, 0.5) is 8.78 Å². The predicted octanol–water partition coefficient (Wildman–Crippen LogP) is 4.13. The molecule has 0 saturated carbocycles. The van der Waals surface area contributed by atoms with Gasteiger partial charge in [-0.05, 0) is 39.2 Å². The number of hydrogen-bond acceptors (Lipinski definition) is 2. The first-order chi connectivity index (χ1) is 8.89. The molecular formula is C15H26F2N2. The number of allylic oxidation sites excluding steroid dienone is 2. The maximum atomic E-state index is 13.4. The van der Waals surface area contributed by atoms with Crippen LogP contribution in [0.5, 0.6) is 0 Å². The molecule has 0 aliphatic carbocycles. The van der Waals surface area contributed by atoms with Crippen LogP contribution in [0.2, 0.25) is 0 Å². The fraction of sp³-hybridized carbons (Fsp3) is 0.800. The summed E-state index contributed by atoms with van der Waals surface area (Å²) in [7, 11) is 1.80. The van der Waals surface area contributed by atoms with Gasteiger partial charge < -0.3 is 0 Å². The first-order valence-electron chi connectivity index (χ1n) is 7.15. The summed E-state index contributed by atoms with van der Waals surface area (Å²) < 4.78 is 26.9. The van der Waals surface area contributed by atoms with Gasteiger partial charge in [-0.2, -0.15) is 0 Å². The number of aliphatic imine (C=N–C) groups is 1. The Morgan fingerprint density at radius 1 is 1.47 bits per heavy atom. The number of likely N-dealkylation sites (tertiary alicyclic amines) is 1. The summed E-state index contributed by atoms with van der Waals surface area (Å²) in [6.45, 7) is 5.84. The first-order valence-corrected chi connectivity index (χ1v) is 7.15. The van der Waals surface area contributed by atoms with Crippen molar-refractivity contribution in [2.45, 2.75) is 58.4 Å². The standard InChI is InChI=1S/C15H26F2N2/c1-5-9-18-13(6-2)7-8-14-12(3)10-15(16,17)11-19(14)4/h6,9,12,14H,5,7-8,10-11H2,1-4H3/b13-6-,18-9-. The number of hydrogen-bond donors (Lipinski definition) is 0. The topological polar surface area (TPSA) is 15.6 Å². The zero-order valence-electron chi connectivity index (χ0n) is 12.5. The van der Waals surface area contributed by atoms with Gasteiger partial charge in [0.05, 0.1) is 6.54 Å². The Kier molecular flexibility index (Phi) is 6.11. The molecular weight excluding hydrogens is 246 g/mol. The molecule has 1 aliphatic heterocycles. The molecule has 1 fully saturated rings. The van der Waals surface area contributed by atoms with Gasteiger partial charge in [-0.15, -0.1) is 0 Å². The maximum absolute atomic E-state index is 13.4. The van der Waals surface area contributed by atoms with E-state index in [-0.39, 0.29) is 24.9 Å². The lowest BCUT2D eigenvalue weighted by Crippen LogP contribution is -2.50. The molecule has 0 aromatic carbocycles. The third kappa shape index (κ3) is 5.01. The number of rotatable bonds is 5. The van der Waals surface area contributed by atoms with Crippen LogP contribution in [-0.4, -0.2) is 36.7 Å². The van der Waals surface area contributed by atoms with Crippen molar-refractivity contribution in [2.24, 2.45) is 10.9 Å². The normalized spacial score (nSPS) is 29.1. The van der Waals surface area contributed by atoms with Gasteiger partial charge in [0.15, 0.2) is 0 Å². The van der Waals surface area contributed by atoms with Crippen molar-refractivity contribution >= 4 is 6.21 Å². The SMILES string of the molecule is C/C=C(CCC1C(C)CC(F)(F)CN1C)\N=C/CC. The van der Waals surface area contributed by atoms with E-state index in [2.05, 4.69) is 11.9 Å². The molecule has 0 spiro atoms. The molecule has 0 amide bonds. The molecule has 4 heteroatoms. The van der Waals surface area contributed by atoms with Crippen molar-refractivity contribution in [3.8, 4) is 0 Å². The van der Waals surface area contributed by atoms with Gasteiger partial charge in [-0.25, -0.2) is 8.78 Å². The largest absolute Gasteiger partial charge is 0.297 e. The highest BCUT2D eigenvalue weighted by atomic mass is 19.3. The quantitative estimate of drug-likeness (QED) is 0.687. The molecule has 0 N–H and O–H groups in total. The highest BCUT2D eigenvalue weighted by molar-refractivity contribution is 5.58. The Morgan fingerprint density at radius 2 is 2.16 bits per heavy atom. The third-order valence-electron chi connectivity index (χ3n) is 3.79. The van der Waals surface area contributed by atoms with Crippen molar-refractivity contribution in [3.05, 3.63) is 11.8 Å². The lowest BCUT2D eigenvalue weighted by Gasteiger charge is -2.41. The monoisotopic (exact) mass is 272 g/mol. The smallest absolute Gasteiger partial charge is 0.260 e. The van der Waals surface area contributed by atoms with E-state index in [0.29, 0.717) is 0 Å². The van der Waals surface area contributed by atoms with Crippen LogP contribution in [0.3, 0.4) is 0 Å². The second kappa shape index (κ2) is 7.13. The van der Waals surface area contributed by atoms with Gasteiger partial charge in [0.2, 0.25) is 0 Å². The minimum Gasteiger partial charge on any atom is -0.297 e. The second-order valence-electron chi connectivity index (χ2n) is 5.56. The van der Waals surface area contributed by atoms with Crippen molar-refractivity contribution in [2.75, 3.05) is 13.6 Å². The van der Waals surface area contributed by atoms with E-state index in [1.165, 1.54) is 0 Å². The molecule has 0 aromatic heterocycles. The Bertz CT molecular complexity index is 323. The van der Waals surface area contributed by atoms with Crippen LogP contribution < -0.4 is 0 Å². The highest BCUT2D eigenvalue weighted by Gasteiger charge is 2.42. The summed E-state index contributed by atoms with van der Waals surface area (Å²) in [5, 5.41) is 0. The molecule has 1 saturated heterocycles. The molecule has 1 heterocycles. The van der Waals surface area contributed by atoms with Gasteiger partial charge >= 0.3 is 0 Å². The molecule has 0 aromatic rings. The van der Waals surface area contributed by atoms with Crippen LogP contribution in [0.1, 0.15) is 46.5 Å². The third-order valence-corrected chi connectivity index (χ3v) is 3.79. The number of nitrogens with zero attached hydrogens (tertiary/aromatic N) is 2. The molecule has 19 heavy (non-hydrogen) atoms. The van der Waals surface area contributed by atoms with Gasteiger partial charge in [-0.3, -0.25) is 9.89 Å². The van der Waals surface area contributed by atoms with Gasteiger partial charge in [0, 0.05) is 24.4 Å². The molecule has 1 aliphatic rings. The van der Waals surface area contributed by atoms with E-state index in [1.807, 2.05) is 31.0 Å². The van der Waals surface area contributed by atoms with Crippen LogP contribution >= 0.6 is 0 Å². The van der Waals surface area contributed by atoms with Crippen molar-refractivity contribution < 1.29 is 8.78 Å². The van der Waals surface area contributed by atoms with Gasteiger partial charge in [0.25, 0.3) is 5.92 Å². The van der Waals surface area contributed by atoms with E-state index in [4.69, 9.17) is 0 Å². The van der Waals surface area contributed by atoms with Crippen molar-refractivity contribution in [3.63, 3.8) is 0 Å². The molecule has 0 bridgehead atoms. The Hall–Kier alpha value is -0.770. The van der Waals surface area contributed by atoms with E-state index < -0.39 is 5.92 Å². The van der Waals surface area contributed by atoms with Crippen LogP contribution in [-0.2, 0) is 0 Å². The van der Waals surface area contributed by atoms with E-state index in [1.54, 1.807) is 7.05 Å². The lowest BCUT2D eigenvalue weighted by molar-refractivity contribution is -0.0970. The summed E-state index contributed by atoms with van der Waals surface area (Å²) in [4.78, 5) is 6.20. The molecule has 2 unspecified atom stereocenters. The Labute approximate surface area is 115 Å². The number of alkyl halides is 2. The molecule has 110 valence electrons. The summed E-state index contributed by atoms with van der Waals surface area (Å²) >= 11 is 0. The minimum absolute atomic E-state index is 0.00536. The molecule has 0 radical (unpaired) electrons. The van der Waals surface area contributed by atoms with E-state index >= 15 is 0 Å². The summed E-state index contributed by atoms with van der Waals surface area (Å²) in [5.74, 6) is -2.50. The predicted molar refractivity (Wildman–Crippen MR) is 76.9 cm³/mol. The fourth-order valence-corrected chi connectivity index (χ4v) is 2.88. The Balaban J connectivity index is 2.55. The molecule has 2 nitrogen and oxygen atoms in total. The molecule has 1 rings (SSSR count). The van der Waals surface area contributed by atoms with Gasteiger partial charge in [-0.1, -0.05) is 19.9 Å². The van der Waals surface area contributed by atoms with Crippen molar-refractivity contribution in [1.82, 2.24) is 4.90 Å².